The maximum absolute atomic E-state index is 12.0. The highest BCUT2D eigenvalue weighted by molar-refractivity contribution is 9.10. The van der Waals surface area contributed by atoms with Crippen molar-refractivity contribution in [1.29, 1.82) is 0 Å². The number of hydrogen-bond donors (Lipinski definition) is 1. The Hall–Kier alpha value is -3.04. The van der Waals surface area contributed by atoms with Crippen molar-refractivity contribution in [3.05, 3.63) is 52.9 Å². The lowest BCUT2D eigenvalue weighted by Gasteiger charge is -2.32. The number of benzene rings is 1. The Kier molecular flexibility index (Phi) is 6.47. The van der Waals surface area contributed by atoms with E-state index in [0.717, 1.165) is 76.6 Å². The standard InChI is InChI=1S/C25H27BrN6O2/c1-34-15-22(33)31-10-8-16(9-11-31)6-7-21-23(26)24(27)32-25(30-21)19(14-29-32)18-12-17-4-2-3-5-20(17)28-13-18/h2-5,12-14,16H,6-11,15,27H2,1H3. The number of anilines is 1. The number of amides is 1. The van der Waals surface area contributed by atoms with Crippen molar-refractivity contribution in [2.24, 2.45) is 5.92 Å². The van der Waals surface area contributed by atoms with Gasteiger partial charge in [-0.2, -0.15) is 9.61 Å². The van der Waals surface area contributed by atoms with Crippen LogP contribution in [0.15, 0.2) is 47.2 Å². The molecular formula is C25H27BrN6O2. The van der Waals surface area contributed by atoms with Crippen LogP contribution in [0.5, 0.6) is 0 Å². The van der Waals surface area contributed by atoms with E-state index in [-0.39, 0.29) is 12.5 Å². The third-order valence-electron chi connectivity index (χ3n) is 6.62. The molecule has 0 radical (unpaired) electrons. The summed E-state index contributed by atoms with van der Waals surface area (Å²) < 4.78 is 7.45. The van der Waals surface area contributed by atoms with E-state index in [1.54, 1.807) is 17.8 Å². The van der Waals surface area contributed by atoms with Crippen molar-refractivity contribution in [3.63, 3.8) is 0 Å². The second-order valence-corrected chi connectivity index (χ2v) is 9.56. The van der Waals surface area contributed by atoms with E-state index in [9.17, 15) is 4.79 Å². The van der Waals surface area contributed by atoms with Crippen LogP contribution < -0.4 is 5.73 Å². The minimum Gasteiger partial charge on any atom is -0.383 e. The normalized spacial score (nSPS) is 14.8. The number of carbonyl (C=O) groups excluding carboxylic acids is 1. The van der Waals surface area contributed by atoms with Gasteiger partial charge in [0.25, 0.3) is 0 Å². The number of fused-ring (bicyclic) bond motifs is 2. The number of rotatable bonds is 6. The van der Waals surface area contributed by atoms with Crippen molar-refractivity contribution in [2.45, 2.75) is 25.7 Å². The molecule has 0 aliphatic carbocycles. The lowest BCUT2D eigenvalue weighted by atomic mass is 9.91. The molecule has 1 aliphatic heterocycles. The van der Waals surface area contributed by atoms with Crippen molar-refractivity contribution in [1.82, 2.24) is 24.5 Å². The monoisotopic (exact) mass is 522 g/mol. The Bertz CT molecular complexity index is 1350. The second-order valence-electron chi connectivity index (χ2n) is 8.76. The lowest BCUT2D eigenvalue weighted by molar-refractivity contribution is -0.136. The zero-order valence-corrected chi connectivity index (χ0v) is 20.7. The smallest absolute Gasteiger partial charge is 0.248 e. The molecule has 4 aromatic rings. The number of likely N-dealkylation sites (tertiary alicyclic amines) is 1. The number of carbonyl (C=O) groups is 1. The molecule has 176 valence electrons. The number of aromatic nitrogens is 4. The molecule has 8 nitrogen and oxygen atoms in total. The molecule has 5 rings (SSSR count). The van der Waals surface area contributed by atoms with Crippen LogP contribution in [0.2, 0.25) is 0 Å². The van der Waals surface area contributed by atoms with Crippen LogP contribution in [0.1, 0.15) is 25.0 Å². The molecule has 0 spiro atoms. The molecule has 3 aromatic heterocycles. The molecule has 9 heteroatoms. The molecule has 0 saturated carbocycles. The summed E-state index contributed by atoms with van der Waals surface area (Å²) in [5, 5.41) is 5.56. The number of ether oxygens (including phenoxy) is 1. The summed E-state index contributed by atoms with van der Waals surface area (Å²) in [5.74, 6) is 1.16. The van der Waals surface area contributed by atoms with Gasteiger partial charge in [0.1, 0.15) is 12.4 Å². The molecule has 0 bridgehead atoms. The van der Waals surface area contributed by atoms with E-state index < -0.39 is 0 Å². The minimum absolute atomic E-state index is 0.0695. The molecule has 1 aromatic carbocycles. The van der Waals surface area contributed by atoms with Gasteiger partial charge in [-0.3, -0.25) is 9.78 Å². The molecule has 1 aliphatic rings. The Labute approximate surface area is 206 Å². The maximum atomic E-state index is 12.0. The summed E-state index contributed by atoms with van der Waals surface area (Å²) in [7, 11) is 1.56. The van der Waals surface area contributed by atoms with E-state index in [0.29, 0.717) is 11.7 Å². The van der Waals surface area contributed by atoms with Gasteiger partial charge in [-0.25, -0.2) is 4.98 Å². The van der Waals surface area contributed by atoms with Crippen molar-refractivity contribution >= 4 is 44.2 Å². The summed E-state index contributed by atoms with van der Waals surface area (Å²) in [4.78, 5) is 23.5. The van der Waals surface area contributed by atoms with E-state index >= 15 is 0 Å². The Morgan fingerprint density at radius 3 is 2.82 bits per heavy atom. The SMILES string of the molecule is COCC(=O)N1CCC(CCc2nc3c(-c4cnc5ccccc5c4)cnn3c(N)c2Br)CC1. The van der Waals surface area contributed by atoms with Crippen molar-refractivity contribution in [2.75, 3.05) is 32.5 Å². The highest BCUT2D eigenvalue weighted by Crippen LogP contribution is 2.32. The van der Waals surface area contributed by atoms with Gasteiger partial charge in [0, 0.05) is 42.9 Å². The van der Waals surface area contributed by atoms with E-state index in [1.165, 1.54) is 0 Å². The summed E-state index contributed by atoms with van der Waals surface area (Å²) in [6.45, 7) is 1.72. The third kappa shape index (κ3) is 4.37. The highest BCUT2D eigenvalue weighted by atomic mass is 79.9. The van der Waals surface area contributed by atoms with Crippen LogP contribution in [0.3, 0.4) is 0 Å². The first-order valence-corrected chi connectivity index (χ1v) is 12.3. The number of pyridine rings is 1. The molecule has 2 N–H and O–H groups in total. The Morgan fingerprint density at radius 1 is 1.24 bits per heavy atom. The van der Waals surface area contributed by atoms with Gasteiger partial charge in [-0.1, -0.05) is 18.2 Å². The van der Waals surface area contributed by atoms with Crippen LogP contribution in [-0.2, 0) is 16.0 Å². The first-order chi connectivity index (χ1) is 16.5. The van der Waals surface area contributed by atoms with Gasteiger partial charge in [0.05, 0.1) is 21.9 Å². The Morgan fingerprint density at radius 2 is 2.03 bits per heavy atom. The van der Waals surface area contributed by atoms with Crippen LogP contribution in [0.25, 0.3) is 27.7 Å². The molecule has 1 amide bonds. The number of para-hydroxylation sites is 1. The van der Waals surface area contributed by atoms with E-state index in [2.05, 4.69) is 38.1 Å². The van der Waals surface area contributed by atoms with Crippen LogP contribution in [-0.4, -0.2) is 57.2 Å². The molecule has 34 heavy (non-hydrogen) atoms. The predicted octanol–water partition coefficient (Wildman–Crippen LogP) is 4.11. The van der Waals surface area contributed by atoms with Gasteiger partial charge < -0.3 is 15.4 Å². The van der Waals surface area contributed by atoms with Gasteiger partial charge in [0.15, 0.2) is 5.65 Å². The topological polar surface area (TPSA) is 98.6 Å². The number of aryl methyl sites for hydroxylation is 1. The zero-order chi connectivity index (χ0) is 23.7. The number of nitrogens with two attached hydrogens (primary N) is 1. The van der Waals surface area contributed by atoms with Gasteiger partial charge in [0.2, 0.25) is 5.91 Å². The average Bonchev–Trinajstić information content (AvgIpc) is 3.29. The molecule has 1 saturated heterocycles. The van der Waals surface area contributed by atoms with Crippen LogP contribution in [0, 0.1) is 5.92 Å². The number of piperidine rings is 1. The molecule has 0 unspecified atom stereocenters. The van der Waals surface area contributed by atoms with Gasteiger partial charge >= 0.3 is 0 Å². The summed E-state index contributed by atoms with van der Waals surface area (Å²) in [6, 6.07) is 10.1. The number of nitrogens with zero attached hydrogens (tertiary/aromatic N) is 5. The quantitative estimate of drug-likeness (QED) is 0.409. The first-order valence-electron chi connectivity index (χ1n) is 11.5. The predicted molar refractivity (Wildman–Crippen MR) is 135 cm³/mol. The lowest BCUT2D eigenvalue weighted by Crippen LogP contribution is -2.40. The summed E-state index contributed by atoms with van der Waals surface area (Å²) in [5.41, 5.74) is 10.9. The largest absolute Gasteiger partial charge is 0.383 e. The Balaban J connectivity index is 1.36. The second kappa shape index (κ2) is 9.68. The molecule has 4 heterocycles. The number of nitrogen functional groups attached to an aromatic ring is 1. The first kappa shape index (κ1) is 22.7. The van der Waals surface area contributed by atoms with Gasteiger partial charge in [-0.05, 0) is 59.7 Å². The number of halogens is 1. The average molecular weight is 523 g/mol. The minimum atomic E-state index is 0.0695. The number of hydrogen-bond acceptors (Lipinski definition) is 6. The maximum Gasteiger partial charge on any atom is 0.248 e. The highest BCUT2D eigenvalue weighted by Gasteiger charge is 2.23. The fourth-order valence-electron chi connectivity index (χ4n) is 4.66. The third-order valence-corrected chi connectivity index (χ3v) is 7.48. The number of methoxy groups -OCH3 is 1. The van der Waals surface area contributed by atoms with Crippen LogP contribution >= 0.6 is 15.9 Å². The van der Waals surface area contributed by atoms with Crippen LogP contribution in [0.4, 0.5) is 5.82 Å². The van der Waals surface area contributed by atoms with Crippen molar-refractivity contribution in [3.8, 4) is 11.1 Å². The van der Waals surface area contributed by atoms with Gasteiger partial charge in [-0.15, -0.1) is 0 Å². The summed E-state index contributed by atoms with van der Waals surface area (Å²) in [6.07, 6.45) is 7.44. The molecule has 0 atom stereocenters. The fourth-order valence-corrected chi connectivity index (χ4v) is 5.11. The van der Waals surface area contributed by atoms with E-state index in [4.69, 9.17) is 15.5 Å². The summed E-state index contributed by atoms with van der Waals surface area (Å²) >= 11 is 3.64. The fraction of sp³-hybridized carbons (Fsp3) is 0.360. The van der Waals surface area contributed by atoms with E-state index in [1.807, 2.05) is 29.3 Å². The zero-order valence-electron chi connectivity index (χ0n) is 19.1. The molecular weight excluding hydrogens is 496 g/mol. The van der Waals surface area contributed by atoms with Crippen molar-refractivity contribution < 1.29 is 9.53 Å². The molecule has 1 fully saturated rings.